The zero-order valence-electron chi connectivity index (χ0n) is 10.3. The number of halogens is 1. The molecule has 1 amide bonds. The Bertz CT molecular complexity index is 316. The minimum absolute atomic E-state index is 0.377. The fourth-order valence-corrected chi connectivity index (χ4v) is 1.94. The van der Waals surface area contributed by atoms with Gasteiger partial charge in [-0.1, -0.05) is 15.9 Å². The van der Waals surface area contributed by atoms with Gasteiger partial charge in [0.05, 0.1) is 0 Å². The molecule has 5 nitrogen and oxygen atoms in total. The lowest BCUT2D eigenvalue weighted by Crippen LogP contribution is -2.48. The van der Waals surface area contributed by atoms with Crippen LogP contribution in [0, 0.1) is 0 Å². The summed E-state index contributed by atoms with van der Waals surface area (Å²) >= 11 is 3.22. The lowest BCUT2D eigenvalue weighted by Gasteiger charge is -2.35. The van der Waals surface area contributed by atoms with E-state index in [4.69, 9.17) is 9.84 Å². The van der Waals surface area contributed by atoms with Crippen molar-refractivity contribution in [1.29, 1.82) is 0 Å². The standard InChI is InChI=1S/C11H18BrNO4/c1-10(2,3)17-9(16)13-6-4-11(12,5-7-13)8(14)15/h4-7H2,1-3H3,(H,14,15). The maximum Gasteiger partial charge on any atom is 0.410 e. The third-order valence-electron chi connectivity index (χ3n) is 2.59. The number of carbonyl (C=O) groups is 2. The molecule has 1 aliphatic heterocycles. The Morgan fingerprint density at radius 1 is 1.29 bits per heavy atom. The summed E-state index contributed by atoms with van der Waals surface area (Å²) in [7, 11) is 0. The van der Waals surface area contributed by atoms with Gasteiger partial charge in [0.25, 0.3) is 0 Å². The average molecular weight is 308 g/mol. The monoisotopic (exact) mass is 307 g/mol. The lowest BCUT2D eigenvalue weighted by atomic mass is 9.97. The van der Waals surface area contributed by atoms with Gasteiger partial charge in [-0.2, -0.15) is 0 Å². The summed E-state index contributed by atoms with van der Waals surface area (Å²) in [5, 5.41) is 9.03. The molecule has 1 rings (SSSR count). The highest BCUT2D eigenvalue weighted by Gasteiger charge is 2.40. The van der Waals surface area contributed by atoms with Gasteiger partial charge >= 0.3 is 12.1 Å². The summed E-state index contributed by atoms with van der Waals surface area (Å²) in [6, 6.07) is 0. The number of aliphatic carboxylic acids is 1. The molecular weight excluding hydrogens is 290 g/mol. The fourth-order valence-electron chi connectivity index (χ4n) is 1.58. The van der Waals surface area contributed by atoms with Crippen LogP contribution in [0.5, 0.6) is 0 Å². The summed E-state index contributed by atoms with van der Waals surface area (Å²) < 4.78 is 4.33. The molecule has 0 aromatic carbocycles. The normalized spacial score (nSPS) is 19.9. The molecular formula is C11H18BrNO4. The fraction of sp³-hybridized carbons (Fsp3) is 0.818. The first-order valence-corrected chi connectivity index (χ1v) is 6.34. The van der Waals surface area contributed by atoms with Crippen LogP contribution in [0.25, 0.3) is 0 Å². The number of likely N-dealkylation sites (tertiary alicyclic amines) is 1. The van der Waals surface area contributed by atoms with E-state index < -0.39 is 15.9 Å². The first kappa shape index (κ1) is 14.3. The highest BCUT2D eigenvalue weighted by molar-refractivity contribution is 9.10. The second kappa shape index (κ2) is 4.84. The summed E-state index contributed by atoms with van der Waals surface area (Å²) in [5.41, 5.74) is -0.521. The summed E-state index contributed by atoms with van der Waals surface area (Å²) in [5.74, 6) is -0.874. The molecule has 0 aliphatic carbocycles. The predicted octanol–water partition coefficient (Wildman–Crippen LogP) is 2.24. The minimum Gasteiger partial charge on any atom is -0.480 e. The minimum atomic E-state index is -0.897. The number of hydrogen-bond donors (Lipinski definition) is 1. The molecule has 0 atom stereocenters. The van der Waals surface area contributed by atoms with Crippen molar-refractivity contribution in [3.8, 4) is 0 Å². The van der Waals surface area contributed by atoms with Crippen LogP contribution in [0.4, 0.5) is 4.79 Å². The predicted molar refractivity (Wildman–Crippen MR) is 66.3 cm³/mol. The van der Waals surface area contributed by atoms with Gasteiger partial charge in [-0.15, -0.1) is 0 Å². The van der Waals surface area contributed by atoms with E-state index in [9.17, 15) is 9.59 Å². The van der Waals surface area contributed by atoms with E-state index in [1.165, 1.54) is 0 Å². The van der Waals surface area contributed by atoms with Crippen molar-refractivity contribution >= 4 is 28.0 Å². The third-order valence-corrected chi connectivity index (χ3v) is 3.72. The van der Waals surface area contributed by atoms with Crippen LogP contribution in [-0.2, 0) is 9.53 Å². The van der Waals surface area contributed by atoms with E-state index in [0.717, 1.165) is 0 Å². The van der Waals surface area contributed by atoms with Gasteiger partial charge in [-0.3, -0.25) is 4.79 Å². The molecule has 0 aromatic heterocycles. The molecule has 0 radical (unpaired) electrons. The number of rotatable bonds is 1. The molecule has 0 saturated carbocycles. The Hall–Kier alpha value is -0.780. The van der Waals surface area contributed by atoms with Crippen molar-refractivity contribution in [2.24, 2.45) is 0 Å². The molecule has 1 N–H and O–H groups in total. The number of alkyl halides is 1. The summed E-state index contributed by atoms with van der Waals surface area (Å²) in [4.78, 5) is 24.3. The van der Waals surface area contributed by atoms with Gasteiger partial charge in [0.1, 0.15) is 9.93 Å². The molecule has 1 fully saturated rings. The second-order valence-corrected chi connectivity index (χ2v) is 6.76. The van der Waals surface area contributed by atoms with Crippen molar-refractivity contribution in [2.75, 3.05) is 13.1 Å². The van der Waals surface area contributed by atoms with E-state index >= 15 is 0 Å². The van der Waals surface area contributed by atoms with Crippen molar-refractivity contribution in [3.05, 3.63) is 0 Å². The molecule has 0 unspecified atom stereocenters. The average Bonchev–Trinajstić information content (AvgIpc) is 2.15. The first-order valence-electron chi connectivity index (χ1n) is 5.54. The molecule has 17 heavy (non-hydrogen) atoms. The molecule has 0 bridgehead atoms. The molecule has 0 spiro atoms. The maximum absolute atomic E-state index is 11.7. The number of piperidine rings is 1. The van der Waals surface area contributed by atoms with Crippen LogP contribution in [0.2, 0.25) is 0 Å². The van der Waals surface area contributed by atoms with Crippen molar-refractivity contribution in [3.63, 3.8) is 0 Å². The number of carboxylic acid groups (broad SMARTS) is 1. The Morgan fingerprint density at radius 2 is 1.76 bits per heavy atom. The van der Waals surface area contributed by atoms with E-state index in [2.05, 4.69) is 15.9 Å². The second-order valence-electron chi connectivity index (χ2n) is 5.24. The van der Waals surface area contributed by atoms with Gasteiger partial charge in [0, 0.05) is 13.1 Å². The summed E-state index contributed by atoms with van der Waals surface area (Å²) in [6.07, 6.45) is 0.404. The van der Waals surface area contributed by atoms with Crippen molar-refractivity contribution in [2.45, 2.75) is 43.5 Å². The molecule has 6 heteroatoms. The van der Waals surface area contributed by atoms with E-state index in [-0.39, 0.29) is 6.09 Å². The van der Waals surface area contributed by atoms with Gasteiger partial charge in [-0.25, -0.2) is 4.79 Å². The van der Waals surface area contributed by atoms with E-state index in [1.54, 1.807) is 25.7 Å². The van der Waals surface area contributed by atoms with Crippen LogP contribution in [0.3, 0.4) is 0 Å². The number of ether oxygens (including phenoxy) is 1. The van der Waals surface area contributed by atoms with Crippen LogP contribution < -0.4 is 0 Å². The highest BCUT2D eigenvalue weighted by Crippen LogP contribution is 2.32. The Morgan fingerprint density at radius 3 is 2.12 bits per heavy atom. The Kier molecular flexibility index (Phi) is 4.06. The van der Waals surface area contributed by atoms with Crippen molar-refractivity contribution < 1.29 is 19.4 Å². The topological polar surface area (TPSA) is 66.8 Å². The van der Waals surface area contributed by atoms with Gasteiger partial charge in [0.2, 0.25) is 0 Å². The molecule has 1 aliphatic rings. The van der Waals surface area contributed by atoms with E-state index in [0.29, 0.717) is 25.9 Å². The molecule has 98 valence electrons. The number of hydrogen-bond acceptors (Lipinski definition) is 3. The Balaban J connectivity index is 2.53. The van der Waals surface area contributed by atoms with Crippen LogP contribution >= 0.6 is 15.9 Å². The molecule has 0 aromatic rings. The number of amides is 1. The molecule has 1 heterocycles. The smallest absolute Gasteiger partial charge is 0.410 e. The lowest BCUT2D eigenvalue weighted by molar-refractivity contribution is -0.140. The Labute approximate surface area is 109 Å². The molecule has 1 saturated heterocycles. The third kappa shape index (κ3) is 3.87. The zero-order valence-corrected chi connectivity index (χ0v) is 11.9. The number of carboxylic acids is 1. The SMILES string of the molecule is CC(C)(C)OC(=O)N1CCC(Br)(C(=O)O)CC1. The first-order chi connectivity index (χ1) is 7.64. The van der Waals surface area contributed by atoms with Crippen LogP contribution in [0.15, 0.2) is 0 Å². The largest absolute Gasteiger partial charge is 0.480 e. The van der Waals surface area contributed by atoms with E-state index in [1.807, 2.05) is 0 Å². The summed E-state index contributed by atoms with van der Waals surface area (Å²) in [6.45, 7) is 6.21. The number of nitrogens with zero attached hydrogens (tertiary/aromatic N) is 1. The highest BCUT2D eigenvalue weighted by atomic mass is 79.9. The zero-order chi connectivity index (χ0) is 13.3. The number of carbonyl (C=O) groups excluding carboxylic acids is 1. The van der Waals surface area contributed by atoms with Gasteiger partial charge in [-0.05, 0) is 33.6 Å². The maximum atomic E-state index is 11.7. The quantitative estimate of drug-likeness (QED) is 0.754. The van der Waals surface area contributed by atoms with Crippen LogP contribution in [0.1, 0.15) is 33.6 Å². The van der Waals surface area contributed by atoms with Gasteiger partial charge in [0.15, 0.2) is 0 Å². The van der Waals surface area contributed by atoms with Crippen molar-refractivity contribution in [1.82, 2.24) is 4.90 Å². The van der Waals surface area contributed by atoms with Gasteiger partial charge < -0.3 is 14.7 Å². The van der Waals surface area contributed by atoms with Crippen LogP contribution in [-0.4, -0.2) is 45.1 Å².